The van der Waals surface area contributed by atoms with Gasteiger partial charge in [-0.1, -0.05) is 25.3 Å². The summed E-state index contributed by atoms with van der Waals surface area (Å²) >= 11 is 0. The molecule has 0 atom stereocenters. The molecule has 2 aliphatic rings. The average molecular weight is 245 g/mol. The van der Waals surface area contributed by atoms with Crippen molar-refractivity contribution in [3.05, 3.63) is 30.1 Å². The first-order valence-electron chi connectivity index (χ1n) is 6.74. The minimum atomic E-state index is 0.0457. The highest BCUT2D eigenvalue weighted by atomic mass is 16.2. The van der Waals surface area contributed by atoms with E-state index in [0.717, 1.165) is 25.1 Å². The van der Waals surface area contributed by atoms with Gasteiger partial charge in [-0.25, -0.2) is 4.79 Å². The monoisotopic (exact) mass is 245 g/mol. The molecule has 3 rings (SSSR count). The summed E-state index contributed by atoms with van der Waals surface area (Å²) in [4.78, 5) is 18.2. The van der Waals surface area contributed by atoms with Crippen LogP contribution in [0.5, 0.6) is 0 Å². The van der Waals surface area contributed by atoms with Crippen LogP contribution in [0, 0.1) is 0 Å². The number of nitrogens with zero attached hydrogens (tertiary/aromatic N) is 2. The first-order chi connectivity index (χ1) is 8.77. The Morgan fingerprint density at radius 3 is 2.83 bits per heavy atom. The van der Waals surface area contributed by atoms with Crippen LogP contribution in [-0.2, 0) is 6.54 Å². The number of hydrogen-bond donors (Lipinski definition) is 1. The smallest absolute Gasteiger partial charge is 0.318 e. The molecule has 4 heteroatoms. The summed E-state index contributed by atoms with van der Waals surface area (Å²) in [7, 11) is 0. The van der Waals surface area contributed by atoms with Gasteiger partial charge >= 0.3 is 6.03 Å². The molecular formula is C14H19N3O. The number of amides is 2. The Labute approximate surface area is 107 Å². The van der Waals surface area contributed by atoms with Gasteiger partial charge in [0.2, 0.25) is 0 Å². The zero-order valence-electron chi connectivity index (χ0n) is 10.6. The number of pyridine rings is 1. The van der Waals surface area contributed by atoms with Crippen LogP contribution in [0.1, 0.15) is 37.8 Å². The molecule has 1 aromatic rings. The van der Waals surface area contributed by atoms with Crippen molar-refractivity contribution in [1.29, 1.82) is 0 Å². The van der Waals surface area contributed by atoms with E-state index >= 15 is 0 Å². The number of carbonyl (C=O) groups excluding carboxylic acids is 1. The molecule has 18 heavy (non-hydrogen) atoms. The molecule has 1 aliphatic carbocycles. The fraction of sp³-hybridized carbons (Fsp3) is 0.571. The maximum Gasteiger partial charge on any atom is 0.318 e. The third-order valence-corrected chi connectivity index (χ3v) is 4.04. The highest BCUT2D eigenvalue weighted by Crippen LogP contribution is 2.32. The Morgan fingerprint density at radius 2 is 2.11 bits per heavy atom. The third-order valence-electron chi connectivity index (χ3n) is 4.04. The summed E-state index contributed by atoms with van der Waals surface area (Å²) in [5.74, 6) is 0. The molecule has 1 spiro atoms. The lowest BCUT2D eigenvalue weighted by Gasteiger charge is -2.32. The predicted molar refractivity (Wildman–Crippen MR) is 69.0 cm³/mol. The molecule has 1 saturated heterocycles. The summed E-state index contributed by atoms with van der Waals surface area (Å²) < 4.78 is 0. The van der Waals surface area contributed by atoms with Gasteiger partial charge in [-0.2, -0.15) is 0 Å². The maximum absolute atomic E-state index is 12.0. The van der Waals surface area contributed by atoms with Crippen molar-refractivity contribution in [2.24, 2.45) is 0 Å². The van der Waals surface area contributed by atoms with E-state index in [4.69, 9.17) is 0 Å². The molecule has 4 nitrogen and oxygen atoms in total. The second kappa shape index (κ2) is 4.59. The van der Waals surface area contributed by atoms with Gasteiger partial charge in [-0.15, -0.1) is 0 Å². The summed E-state index contributed by atoms with van der Waals surface area (Å²) in [6, 6.07) is 5.91. The van der Waals surface area contributed by atoms with E-state index in [1.807, 2.05) is 23.1 Å². The van der Waals surface area contributed by atoms with Crippen molar-refractivity contribution >= 4 is 6.03 Å². The molecule has 1 N–H and O–H groups in total. The maximum atomic E-state index is 12.0. The molecule has 96 valence electrons. The first-order valence-corrected chi connectivity index (χ1v) is 6.74. The summed E-state index contributed by atoms with van der Waals surface area (Å²) in [5.41, 5.74) is 1.00. The molecule has 2 amide bonds. The molecule has 0 unspecified atom stereocenters. The Balaban J connectivity index is 1.69. The van der Waals surface area contributed by atoms with Gasteiger partial charge in [0, 0.05) is 12.7 Å². The first kappa shape index (κ1) is 11.5. The van der Waals surface area contributed by atoms with Crippen LogP contribution >= 0.6 is 0 Å². The van der Waals surface area contributed by atoms with Crippen LogP contribution in [0.25, 0.3) is 0 Å². The minimum absolute atomic E-state index is 0.0457. The van der Waals surface area contributed by atoms with Crippen LogP contribution in [0.2, 0.25) is 0 Å². The Hall–Kier alpha value is -1.58. The Morgan fingerprint density at radius 1 is 1.28 bits per heavy atom. The van der Waals surface area contributed by atoms with Crippen LogP contribution in [0.4, 0.5) is 4.79 Å². The van der Waals surface area contributed by atoms with Crippen LogP contribution in [0.3, 0.4) is 0 Å². The van der Waals surface area contributed by atoms with E-state index < -0.39 is 0 Å². The van der Waals surface area contributed by atoms with Gasteiger partial charge in [-0.05, 0) is 25.0 Å². The second-order valence-corrected chi connectivity index (χ2v) is 5.45. The Bertz CT molecular complexity index is 426. The van der Waals surface area contributed by atoms with E-state index in [1.54, 1.807) is 6.20 Å². The van der Waals surface area contributed by atoms with Gasteiger partial charge in [-0.3, -0.25) is 4.98 Å². The van der Waals surface area contributed by atoms with Crippen molar-refractivity contribution in [1.82, 2.24) is 15.2 Å². The molecule has 1 saturated carbocycles. The zero-order chi connectivity index (χ0) is 12.4. The van der Waals surface area contributed by atoms with Gasteiger partial charge in [0.25, 0.3) is 0 Å². The topological polar surface area (TPSA) is 45.2 Å². The van der Waals surface area contributed by atoms with E-state index in [2.05, 4.69) is 10.3 Å². The van der Waals surface area contributed by atoms with E-state index in [0.29, 0.717) is 6.54 Å². The number of rotatable bonds is 2. The lowest BCUT2D eigenvalue weighted by Crippen LogP contribution is -2.44. The van der Waals surface area contributed by atoms with Crippen molar-refractivity contribution in [3.8, 4) is 0 Å². The standard InChI is InChI=1S/C14H19N3O/c18-13-16-14(7-3-1-4-8-14)11-17(13)10-12-6-2-5-9-15-12/h2,5-6,9H,1,3-4,7-8,10-11H2,(H,16,18). The minimum Gasteiger partial charge on any atom is -0.331 e. The van der Waals surface area contributed by atoms with E-state index in [1.165, 1.54) is 19.3 Å². The molecular weight excluding hydrogens is 226 g/mol. The number of hydrogen-bond acceptors (Lipinski definition) is 2. The third kappa shape index (κ3) is 2.19. The second-order valence-electron chi connectivity index (χ2n) is 5.45. The highest BCUT2D eigenvalue weighted by Gasteiger charge is 2.42. The summed E-state index contributed by atoms with van der Waals surface area (Å²) in [6.45, 7) is 1.46. The molecule has 1 aromatic heterocycles. The number of urea groups is 1. The van der Waals surface area contributed by atoms with Crippen molar-refractivity contribution < 1.29 is 4.79 Å². The van der Waals surface area contributed by atoms with Crippen LogP contribution < -0.4 is 5.32 Å². The highest BCUT2D eigenvalue weighted by molar-refractivity contribution is 5.77. The number of nitrogens with one attached hydrogen (secondary N) is 1. The summed E-state index contributed by atoms with van der Waals surface area (Å²) in [5, 5.41) is 3.20. The van der Waals surface area contributed by atoms with Crippen molar-refractivity contribution in [2.75, 3.05) is 6.54 Å². The van der Waals surface area contributed by atoms with Gasteiger partial charge in [0.1, 0.15) is 0 Å². The van der Waals surface area contributed by atoms with Gasteiger partial charge < -0.3 is 10.2 Å². The Kier molecular flexibility index (Phi) is 2.94. The number of carbonyl (C=O) groups is 1. The van der Waals surface area contributed by atoms with Crippen LogP contribution in [0.15, 0.2) is 24.4 Å². The van der Waals surface area contributed by atoms with E-state index in [-0.39, 0.29) is 11.6 Å². The predicted octanol–water partition coefficient (Wildman–Crippen LogP) is 2.31. The quantitative estimate of drug-likeness (QED) is 0.869. The molecule has 2 fully saturated rings. The van der Waals surface area contributed by atoms with Crippen molar-refractivity contribution in [3.63, 3.8) is 0 Å². The average Bonchev–Trinajstić information content (AvgIpc) is 2.68. The SMILES string of the molecule is O=C1NC2(CCCCC2)CN1Cc1ccccn1. The van der Waals surface area contributed by atoms with Crippen molar-refractivity contribution in [2.45, 2.75) is 44.2 Å². The van der Waals surface area contributed by atoms with E-state index in [9.17, 15) is 4.79 Å². The number of aromatic nitrogens is 1. The summed E-state index contributed by atoms with van der Waals surface area (Å²) in [6.07, 6.45) is 7.79. The molecule has 0 aromatic carbocycles. The lowest BCUT2D eigenvalue weighted by molar-refractivity contribution is 0.214. The lowest BCUT2D eigenvalue weighted by atomic mass is 9.82. The molecule has 0 bridgehead atoms. The zero-order valence-corrected chi connectivity index (χ0v) is 10.6. The largest absolute Gasteiger partial charge is 0.331 e. The normalized spacial score (nSPS) is 22.2. The van der Waals surface area contributed by atoms with Gasteiger partial charge in [0.05, 0.1) is 17.8 Å². The fourth-order valence-corrected chi connectivity index (χ4v) is 3.11. The fourth-order valence-electron chi connectivity index (χ4n) is 3.11. The van der Waals surface area contributed by atoms with Gasteiger partial charge in [0.15, 0.2) is 0 Å². The molecule has 2 heterocycles. The van der Waals surface area contributed by atoms with Crippen LogP contribution in [-0.4, -0.2) is 28.0 Å². The molecule has 1 aliphatic heterocycles. The molecule has 0 radical (unpaired) electrons.